The molecule has 5 nitrogen and oxygen atoms in total. The van der Waals surface area contributed by atoms with Gasteiger partial charge in [-0.25, -0.2) is 4.98 Å². The summed E-state index contributed by atoms with van der Waals surface area (Å²) >= 11 is 12.3. The molecular weight excluding hydrogens is 359 g/mol. The van der Waals surface area contributed by atoms with Crippen LogP contribution in [-0.2, 0) is 11.3 Å². The molecule has 25 heavy (non-hydrogen) atoms. The summed E-state index contributed by atoms with van der Waals surface area (Å²) in [7, 11) is 0. The summed E-state index contributed by atoms with van der Waals surface area (Å²) in [6.45, 7) is 4.07. The standard InChI is InChI=1S/C18H18Cl2N4O/c19-14-3-1-12(9-15(14)20)18-16(11-23-5-7-25-8-6-23)24-10-13(21)2-4-17(24)22-18/h1-4,9-10H,5-8,11,21H2. The Morgan fingerprint density at radius 1 is 1.08 bits per heavy atom. The first-order valence-corrected chi connectivity index (χ1v) is 8.89. The molecule has 1 aliphatic rings. The summed E-state index contributed by atoms with van der Waals surface area (Å²) in [5.74, 6) is 0. The molecule has 0 bridgehead atoms. The molecule has 3 aromatic rings. The van der Waals surface area contributed by atoms with Crippen LogP contribution in [0.5, 0.6) is 0 Å². The van der Waals surface area contributed by atoms with Crippen molar-refractivity contribution in [2.75, 3.05) is 32.0 Å². The Bertz CT molecular complexity index is 919. The van der Waals surface area contributed by atoms with E-state index < -0.39 is 0 Å². The molecule has 1 fully saturated rings. The predicted molar refractivity (Wildman–Crippen MR) is 101 cm³/mol. The maximum atomic E-state index is 6.22. The van der Waals surface area contributed by atoms with Crippen LogP contribution in [-0.4, -0.2) is 40.6 Å². The van der Waals surface area contributed by atoms with E-state index in [1.807, 2.05) is 30.5 Å². The lowest BCUT2D eigenvalue weighted by molar-refractivity contribution is 0.0336. The smallest absolute Gasteiger partial charge is 0.137 e. The van der Waals surface area contributed by atoms with Gasteiger partial charge in [0.15, 0.2) is 0 Å². The number of morpholine rings is 1. The van der Waals surface area contributed by atoms with Crippen LogP contribution in [0.4, 0.5) is 5.69 Å². The van der Waals surface area contributed by atoms with E-state index in [0.717, 1.165) is 55.4 Å². The number of ether oxygens (including phenoxy) is 1. The van der Waals surface area contributed by atoms with Crippen LogP contribution < -0.4 is 5.73 Å². The van der Waals surface area contributed by atoms with E-state index in [0.29, 0.717) is 15.7 Å². The Morgan fingerprint density at radius 2 is 1.88 bits per heavy atom. The van der Waals surface area contributed by atoms with Crippen molar-refractivity contribution in [3.05, 3.63) is 52.3 Å². The van der Waals surface area contributed by atoms with Crippen molar-refractivity contribution < 1.29 is 4.74 Å². The molecule has 7 heteroatoms. The van der Waals surface area contributed by atoms with E-state index in [1.54, 1.807) is 6.07 Å². The van der Waals surface area contributed by atoms with Crippen molar-refractivity contribution in [2.24, 2.45) is 0 Å². The van der Waals surface area contributed by atoms with Crippen molar-refractivity contribution in [1.82, 2.24) is 14.3 Å². The summed E-state index contributed by atoms with van der Waals surface area (Å²) in [4.78, 5) is 7.17. The highest BCUT2D eigenvalue weighted by atomic mass is 35.5. The highest BCUT2D eigenvalue weighted by Gasteiger charge is 2.19. The summed E-state index contributed by atoms with van der Waals surface area (Å²) in [5, 5.41) is 1.06. The third-order valence-electron chi connectivity index (χ3n) is 4.41. The number of nitrogens with zero attached hydrogens (tertiary/aromatic N) is 3. The van der Waals surface area contributed by atoms with Crippen LogP contribution in [0.3, 0.4) is 0 Å². The maximum absolute atomic E-state index is 6.22. The lowest BCUT2D eigenvalue weighted by atomic mass is 10.1. The second-order valence-corrected chi connectivity index (χ2v) is 6.93. The van der Waals surface area contributed by atoms with Crippen LogP contribution in [0.1, 0.15) is 5.69 Å². The number of rotatable bonds is 3. The van der Waals surface area contributed by atoms with Crippen LogP contribution in [0.25, 0.3) is 16.9 Å². The van der Waals surface area contributed by atoms with Crippen molar-refractivity contribution in [3.8, 4) is 11.3 Å². The number of anilines is 1. The van der Waals surface area contributed by atoms with E-state index in [-0.39, 0.29) is 0 Å². The van der Waals surface area contributed by atoms with Gasteiger partial charge in [0.05, 0.1) is 34.6 Å². The fourth-order valence-electron chi connectivity index (χ4n) is 3.11. The lowest BCUT2D eigenvalue weighted by Gasteiger charge is -2.26. The van der Waals surface area contributed by atoms with Crippen LogP contribution in [0.2, 0.25) is 10.0 Å². The van der Waals surface area contributed by atoms with Gasteiger partial charge in [0.1, 0.15) is 5.65 Å². The highest BCUT2D eigenvalue weighted by Crippen LogP contribution is 2.31. The molecule has 1 saturated heterocycles. The molecule has 2 aromatic heterocycles. The number of fused-ring (bicyclic) bond motifs is 1. The first-order chi connectivity index (χ1) is 12.1. The number of nitrogen functional groups attached to an aromatic ring is 1. The molecule has 1 aromatic carbocycles. The molecule has 4 rings (SSSR count). The van der Waals surface area contributed by atoms with Gasteiger partial charge in [-0.2, -0.15) is 0 Å². The molecule has 0 spiro atoms. The first kappa shape index (κ1) is 16.7. The zero-order chi connectivity index (χ0) is 17.4. The Morgan fingerprint density at radius 3 is 2.64 bits per heavy atom. The molecule has 3 heterocycles. The van der Waals surface area contributed by atoms with Gasteiger partial charge in [-0.3, -0.25) is 4.90 Å². The summed E-state index contributed by atoms with van der Waals surface area (Å²) in [6, 6.07) is 9.40. The number of hydrogen-bond donors (Lipinski definition) is 1. The third-order valence-corrected chi connectivity index (χ3v) is 5.15. The normalized spacial score (nSPS) is 15.8. The zero-order valence-electron chi connectivity index (χ0n) is 13.6. The molecule has 130 valence electrons. The highest BCUT2D eigenvalue weighted by molar-refractivity contribution is 6.42. The van der Waals surface area contributed by atoms with Crippen molar-refractivity contribution in [1.29, 1.82) is 0 Å². The van der Waals surface area contributed by atoms with Gasteiger partial charge in [-0.1, -0.05) is 29.3 Å². The lowest BCUT2D eigenvalue weighted by Crippen LogP contribution is -2.36. The third kappa shape index (κ3) is 3.33. The average Bonchev–Trinajstić information content (AvgIpc) is 2.96. The average molecular weight is 377 g/mol. The number of halogens is 2. The minimum atomic E-state index is 0.521. The Balaban J connectivity index is 1.83. The van der Waals surface area contributed by atoms with Crippen molar-refractivity contribution >= 4 is 34.5 Å². The molecule has 0 amide bonds. The van der Waals surface area contributed by atoms with Gasteiger partial charge < -0.3 is 14.9 Å². The minimum absolute atomic E-state index is 0.521. The molecule has 1 aliphatic heterocycles. The predicted octanol–water partition coefficient (Wildman–Crippen LogP) is 3.72. The number of benzene rings is 1. The van der Waals surface area contributed by atoms with Gasteiger partial charge in [0, 0.05) is 37.1 Å². The maximum Gasteiger partial charge on any atom is 0.137 e. The summed E-state index contributed by atoms with van der Waals surface area (Å²) in [5.41, 5.74) is 10.5. The summed E-state index contributed by atoms with van der Waals surface area (Å²) in [6.07, 6.45) is 1.92. The van der Waals surface area contributed by atoms with Crippen LogP contribution in [0.15, 0.2) is 36.5 Å². The molecule has 0 atom stereocenters. The van der Waals surface area contributed by atoms with Gasteiger partial charge in [-0.05, 0) is 24.3 Å². The zero-order valence-corrected chi connectivity index (χ0v) is 15.1. The van der Waals surface area contributed by atoms with Gasteiger partial charge in [-0.15, -0.1) is 0 Å². The minimum Gasteiger partial charge on any atom is -0.398 e. The van der Waals surface area contributed by atoms with Crippen LogP contribution in [0, 0.1) is 0 Å². The Labute approximate surface area is 155 Å². The fraction of sp³-hybridized carbons (Fsp3) is 0.278. The molecule has 0 radical (unpaired) electrons. The van der Waals surface area contributed by atoms with E-state index in [1.165, 1.54) is 0 Å². The number of imidazole rings is 1. The molecule has 0 saturated carbocycles. The fourth-order valence-corrected chi connectivity index (χ4v) is 3.40. The topological polar surface area (TPSA) is 55.8 Å². The van der Waals surface area contributed by atoms with E-state index >= 15 is 0 Å². The molecule has 2 N–H and O–H groups in total. The quantitative estimate of drug-likeness (QED) is 0.756. The van der Waals surface area contributed by atoms with Gasteiger partial charge in [0.2, 0.25) is 0 Å². The SMILES string of the molecule is Nc1ccc2nc(-c3ccc(Cl)c(Cl)c3)c(CN3CCOCC3)n2c1. The van der Waals surface area contributed by atoms with Crippen molar-refractivity contribution in [2.45, 2.75) is 6.54 Å². The van der Waals surface area contributed by atoms with E-state index in [4.69, 9.17) is 38.7 Å². The number of pyridine rings is 1. The van der Waals surface area contributed by atoms with Crippen LogP contribution >= 0.6 is 23.2 Å². The number of aromatic nitrogens is 2. The number of nitrogens with two attached hydrogens (primary N) is 1. The second-order valence-electron chi connectivity index (χ2n) is 6.12. The van der Waals surface area contributed by atoms with E-state index in [2.05, 4.69) is 9.30 Å². The Kier molecular flexibility index (Phi) is 4.56. The number of hydrogen-bond acceptors (Lipinski definition) is 4. The molecule has 0 aliphatic carbocycles. The van der Waals surface area contributed by atoms with Crippen molar-refractivity contribution in [3.63, 3.8) is 0 Å². The first-order valence-electron chi connectivity index (χ1n) is 8.14. The monoisotopic (exact) mass is 376 g/mol. The molecule has 0 unspecified atom stereocenters. The van der Waals surface area contributed by atoms with E-state index in [9.17, 15) is 0 Å². The second kappa shape index (κ2) is 6.84. The Hall–Kier alpha value is -1.79. The summed E-state index contributed by atoms with van der Waals surface area (Å²) < 4.78 is 7.51. The largest absolute Gasteiger partial charge is 0.398 e. The van der Waals surface area contributed by atoms with Gasteiger partial charge >= 0.3 is 0 Å². The van der Waals surface area contributed by atoms with Gasteiger partial charge in [0.25, 0.3) is 0 Å². The molecular formula is C18H18Cl2N4O.